The number of carbonyl (C=O) groups is 1. The summed E-state index contributed by atoms with van der Waals surface area (Å²) < 4.78 is 17.6. The van der Waals surface area contributed by atoms with Crippen molar-refractivity contribution in [2.75, 3.05) is 20.5 Å². The Morgan fingerprint density at radius 3 is 2.54 bits per heavy atom. The van der Waals surface area contributed by atoms with E-state index >= 15 is 0 Å². The van der Waals surface area contributed by atoms with Crippen LogP contribution >= 0.6 is 11.8 Å². The number of carbonyl (C=O) groups excluding carboxylic acids is 1. The normalized spacial score (nSPS) is 13.9. The number of hydrogen-bond acceptors (Lipinski definition) is 9. The van der Waals surface area contributed by atoms with Crippen LogP contribution in [0.4, 0.5) is 0 Å². The standard InChI is InChI=1S/C30H32N2O8S/c1-17(2)40-28-21-9-11-24(31-30(34)19-8-6-7-18(13-19)16-39-32(35)36)23-14-25(33)27(41-5)12-10-20(23)22(21)15-26(37-3)29(28)38-4/h6-8,10,12-15,17,24H,9,11,16H2,1-5H3,(H,31,34)/t24-/m0/s1. The average Bonchev–Trinajstić information content (AvgIpc) is 3.20. The van der Waals surface area contributed by atoms with Crippen LogP contribution in [0.2, 0.25) is 0 Å². The van der Waals surface area contributed by atoms with Crippen molar-refractivity contribution < 1.29 is 28.9 Å². The van der Waals surface area contributed by atoms with Crippen molar-refractivity contribution in [3.63, 3.8) is 0 Å². The third-order valence-electron chi connectivity index (χ3n) is 6.72. The van der Waals surface area contributed by atoms with Crippen LogP contribution in [0.3, 0.4) is 0 Å². The van der Waals surface area contributed by atoms with Gasteiger partial charge in [0, 0.05) is 11.1 Å². The lowest BCUT2D eigenvalue weighted by molar-refractivity contribution is -0.763. The first-order valence-corrected chi connectivity index (χ1v) is 14.2. The van der Waals surface area contributed by atoms with Gasteiger partial charge in [0.05, 0.1) is 31.3 Å². The van der Waals surface area contributed by atoms with Gasteiger partial charge in [0.25, 0.3) is 11.0 Å². The third-order valence-corrected chi connectivity index (χ3v) is 7.50. The minimum Gasteiger partial charge on any atom is -0.493 e. The van der Waals surface area contributed by atoms with E-state index in [2.05, 4.69) is 10.2 Å². The van der Waals surface area contributed by atoms with E-state index < -0.39 is 11.1 Å². The minimum atomic E-state index is -0.878. The molecule has 1 aliphatic rings. The first-order chi connectivity index (χ1) is 19.7. The van der Waals surface area contributed by atoms with Crippen molar-refractivity contribution in [3.05, 3.63) is 91.1 Å². The molecular formula is C30H32N2O8S. The molecule has 0 aromatic heterocycles. The maximum absolute atomic E-state index is 13.5. The molecule has 0 heterocycles. The Labute approximate surface area is 242 Å². The van der Waals surface area contributed by atoms with Crippen LogP contribution in [-0.2, 0) is 17.9 Å². The van der Waals surface area contributed by atoms with Gasteiger partial charge in [-0.1, -0.05) is 18.2 Å². The molecule has 41 heavy (non-hydrogen) atoms. The molecule has 10 nitrogen and oxygen atoms in total. The molecular weight excluding hydrogens is 548 g/mol. The van der Waals surface area contributed by atoms with Gasteiger partial charge in [0.2, 0.25) is 5.75 Å². The Kier molecular flexibility index (Phi) is 9.38. The van der Waals surface area contributed by atoms with Gasteiger partial charge in [0.15, 0.2) is 16.9 Å². The van der Waals surface area contributed by atoms with E-state index in [0.717, 1.165) is 16.7 Å². The molecule has 1 N–H and O–H groups in total. The van der Waals surface area contributed by atoms with Crippen LogP contribution in [0.5, 0.6) is 17.2 Å². The van der Waals surface area contributed by atoms with E-state index in [1.807, 2.05) is 32.2 Å². The zero-order valence-electron chi connectivity index (χ0n) is 23.5. The number of ether oxygens (including phenoxy) is 3. The lowest BCUT2D eigenvalue weighted by Gasteiger charge is -2.21. The fraction of sp³-hybridized carbons (Fsp3) is 0.333. The molecule has 0 radical (unpaired) electrons. The molecule has 0 spiro atoms. The number of thioether (sulfide) groups is 1. The smallest absolute Gasteiger partial charge is 0.294 e. The summed E-state index contributed by atoms with van der Waals surface area (Å²) >= 11 is 1.35. The molecule has 0 aliphatic heterocycles. The average molecular weight is 581 g/mol. The molecule has 216 valence electrons. The van der Waals surface area contributed by atoms with E-state index in [4.69, 9.17) is 14.2 Å². The van der Waals surface area contributed by atoms with Crippen molar-refractivity contribution in [2.24, 2.45) is 0 Å². The van der Waals surface area contributed by atoms with Crippen LogP contribution in [0.25, 0.3) is 11.1 Å². The molecule has 0 saturated heterocycles. The largest absolute Gasteiger partial charge is 0.493 e. The van der Waals surface area contributed by atoms with Gasteiger partial charge in [-0.25, -0.2) is 0 Å². The van der Waals surface area contributed by atoms with E-state index in [9.17, 15) is 19.7 Å². The molecule has 4 rings (SSSR count). The van der Waals surface area contributed by atoms with Gasteiger partial charge in [-0.3, -0.25) is 9.59 Å². The summed E-state index contributed by atoms with van der Waals surface area (Å²) in [6, 6.07) is 13.1. The van der Waals surface area contributed by atoms with E-state index in [-0.39, 0.29) is 24.0 Å². The Morgan fingerprint density at radius 2 is 1.88 bits per heavy atom. The Morgan fingerprint density at radius 1 is 1.10 bits per heavy atom. The highest BCUT2D eigenvalue weighted by atomic mass is 32.2. The Balaban J connectivity index is 1.84. The molecule has 1 amide bonds. The number of fused-ring (bicyclic) bond motifs is 3. The first-order valence-electron chi connectivity index (χ1n) is 13.0. The zero-order valence-corrected chi connectivity index (χ0v) is 24.3. The summed E-state index contributed by atoms with van der Waals surface area (Å²) in [7, 11) is 3.12. The maximum Gasteiger partial charge on any atom is 0.294 e. The third kappa shape index (κ3) is 6.57. The van der Waals surface area contributed by atoms with Crippen LogP contribution in [0.15, 0.2) is 58.2 Å². The van der Waals surface area contributed by atoms with Crippen LogP contribution in [0, 0.1) is 10.1 Å². The van der Waals surface area contributed by atoms with Crippen molar-refractivity contribution in [1.82, 2.24) is 5.32 Å². The van der Waals surface area contributed by atoms with E-state index in [1.54, 1.807) is 50.6 Å². The maximum atomic E-state index is 13.5. The van der Waals surface area contributed by atoms with E-state index in [1.165, 1.54) is 11.8 Å². The predicted octanol–water partition coefficient (Wildman–Crippen LogP) is 5.37. The highest BCUT2D eigenvalue weighted by molar-refractivity contribution is 7.98. The molecule has 0 bridgehead atoms. The number of methoxy groups -OCH3 is 2. The molecule has 0 unspecified atom stereocenters. The van der Waals surface area contributed by atoms with E-state index in [0.29, 0.717) is 51.7 Å². The van der Waals surface area contributed by atoms with Gasteiger partial charge < -0.3 is 24.4 Å². The second-order valence-electron chi connectivity index (χ2n) is 9.68. The molecule has 3 aromatic carbocycles. The minimum absolute atomic E-state index is 0.145. The highest BCUT2D eigenvalue weighted by Crippen LogP contribution is 2.49. The van der Waals surface area contributed by atoms with Gasteiger partial charge in [-0.2, -0.15) is 0 Å². The molecule has 0 saturated carbocycles. The lowest BCUT2D eigenvalue weighted by Crippen LogP contribution is -2.29. The Bertz CT molecular complexity index is 1530. The van der Waals surface area contributed by atoms with Crippen molar-refractivity contribution in [3.8, 4) is 28.4 Å². The lowest BCUT2D eigenvalue weighted by atomic mass is 9.96. The van der Waals surface area contributed by atoms with Crippen LogP contribution in [-0.4, -0.2) is 37.6 Å². The number of benzene rings is 2. The highest BCUT2D eigenvalue weighted by Gasteiger charge is 2.30. The SMILES string of the molecule is COc1cc2c(c(OC(C)C)c1OC)CC[C@H](NC(=O)c1cccc(CO[N+](=O)[O-])c1)c1cc(=O)c(SC)ccc1-2. The molecule has 3 aromatic rings. The number of nitrogens with zero attached hydrogens (tertiary/aromatic N) is 1. The van der Waals surface area contributed by atoms with Gasteiger partial charge in [-0.15, -0.1) is 21.9 Å². The second-order valence-corrected chi connectivity index (χ2v) is 10.5. The van der Waals surface area contributed by atoms with Gasteiger partial charge in [-0.05, 0) is 85.5 Å². The summed E-state index contributed by atoms with van der Waals surface area (Å²) in [5, 5.41) is 12.8. The van der Waals surface area contributed by atoms with Crippen LogP contribution < -0.4 is 25.0 Å². The number of hydrogen-bond donors (Lipinski definition) is 1. The fourth-order valence-corrected chi connectivity index (χ4v) is 5.41. The first kappa shape index (κ1) is 29.7. The summed E-state index contributed by atoms with van der Waals surface area (Å²) in [6.07, 6.45) is 2.68. The summed E-state index contributed by atoms with van der Waals surface area (Å²) in [6.45, 7) is 3.58. The van der Waals surface area contributed by atoms with Crippen LogP contribution in [0.1, 0.15) is 53.4 Å². The van der Waals surface area contributed by atoms with Gasteiger partial charge >= 0.3 is 0 Å². The zero-order chi connectivity index (χ0) is 29.7. The van der Waals surface area contributed by atoms with Gasteiger partial charge in [0.1, 0.15) is 6.61 Å². The fourth-order valence-electron chi connectivity index (χ4n) is 4.94. The number of amides is 1. The second kappa shape index (κ2) is 12.9. The molecule has 11 heteroatoms. The summed E-state index contributed by atoms with van der Waals surface area (Å²) in [4.78, 5) is 42.3. The summed E-state index contributed by atoms with van der Waals surface area (Å²) in [5.41, 5.74) is 3.79. The molecule has 1 aliphatic carbocycles. The monoisotopic (exact) mass is 580 g/mol. The van der Waals surface area contributed by atoms with Crippen molar-refractivity contribution in [1.29, 1.82) is 0 Å². The van der Waals surface area contributed by atoms with Crippen molar-refractivity contribution >= 4 is 17.7 Å². The Hall–Kier alpha value is -4.25. The predicted molar refractivity (Wildman–Crippen MR) is 156 cm³/mol. The topological polar surface area (TPSA) is 126 Å². The molecule has 0 fully saturated rings. The molecule has 1 atom stereocenters. The number of rotatable bonds is 10. The quantitative estimate of drug-likeness (QED) is 0.191. The summed E-state index contributed by atoms with van der Waals surface area (Å²) in [5.74, 6) is 1.15. The number of nitrogens with one attached hydrogen (secondary N) is 1. The van der Waals surface area contributed by atoms with Crippen molar-refractivity contribution in [2.45, 2.75) is 50.3 Å².